The van der Waals surface area contributed by atoms with Gasteiger partial charge in [0.25, 0.3) is 0 Å². The number of methoxy groups -OCH3 is 1. The van der Waals surface area contributed by atoms with Crippen molar-refractivity contribution in [3.63, 3.8) is 0 Å². The van der Waals surface area contributed by atoms with E-state index in [0.29, 0.717) is 0 Å². The van der Waals surface area contributed by atoms with Gasteiger partial charge in [-0.2, -0.15) is 13.2 Å². The lowest BCUT2D eigenvalue weighted by atomic mass is 10.00. The zero-order valence-corrected chi connectivity index (χ0v) is 11.1. The first-order valence-electron chi connectivity index (χ1n) is 5.92. The molecule has 0 bridgehead atoms. The average Bonchev–Trinajstić information content (AvgIpc) is 2.37. The first kappa shape index (κ1) is 17.0. The third kappa shape index (κ3) is 5.07. The monoisotopic (exact) mass is 305 g/mol. The molecule has 0 saturated carbocycles. The van der Waals surface area contributed by atoms with Gasteiger partial charge in [0.1, 0.15) is 12.6 Å². The number of hydrogen-bond acceptors (Lipinski definition) is 3. The second kappa shape index (κ2) is 7.07. The SMILES string of the molecule is COCC(=O)N[C@H](Cc1ccccc1C(F)(F)F)C(=O)O. The van der Waals surface area contributed by atoms with Crippen LogP contribution in [-0.4, -0.2) is 36.7 Å². The molecule has 0 aliphatic rings. The van der Waals surface area contributed by atoms with E-state index in [2.05, 4.69) is 10.1 Å². The lowest BCUT2D eigenvalue weighted by molar-refractivity contribution is -0.143. The van der Waals surface area contributed by atoms with Crippen LogP contribution in [0.2, 0.25) is 0 Å². The molecule has 0 unspecified atom stereocenters. The van der Waals surface area contributed by atoms with E-state index in [0.717, 1.165) is 6.07 Å². The molecule has 5 nitrogen and oxygen atoms in total. The molecule has 0 heterocycles. The lowest BCUT2D eigenvalue weighted by Crippen LogP contribution is -2.44. The van der Waals surface area contributed by atoms with Crippen molar-refractivity contribution in [3.8, 4) is 0 Å². The standard InChI is InChI=1S/C13H14F3NO4/c1-21-7-11(18)17-10(12(19)20)6-8-4-2-3-5-9(8)13(14,15)16/h2-5,10H,6-7H2,1H3,(H,17,18)(H,19,20)/t10-/m1/s1. The molecule has 0 aliphatic carbocycles. The van der Waals surface area contributed by atoms with Crippen molar-refractivity contribution in [2.45, 2.75) is 18.6 Å². The molecule has 0 aliphatic heterocycles. The Balaban J connectivity index is 2.95. The predicted octanol–water partition coefficient (Wildman–Crippen LogP) is 1.46. The van der Waals surface area contributed by atoms with Crippen molar-refractivity contribution in [2.75, 3.05) is 13.7 Å². The molecular formula is C13H14F3NO4. The van der Waals surface area contributed by atoms with E-state index in [1.54, 1.807) is 0 Å². The first-order valence-corrected chi connectivity index (χ1v) is 5.92. The Labute approximate surface area is 118 Å². The molecule has 21 heavy (non-hydrogen) atoms. The summed E-state index contributed by atoms with van der Waals surface area (Å²) in [6, 6.07) is 3.18. The molecule has 1 aromatic rings. The molecule has 2 N–H and O–H groups in total. The minimum atomic E-state index is -4.59. The molecule has 0 spiro atoms. The highest BCUT2D eigenvalue weighted by Crippen LogP contribution is 2.32. The van der Waals surface area contributed by atoms with Crippen molar-refractivity contribution in [2.24, 2.45) is 0 Å². The van der Waals surface area contributed by atoms with E-state index in [1.807, 2.05) is 0 Å². The molecule has 116 valence electrons. The Kier molecular flexibility index (Phi) is 5.71. The summed E-state index contributed by atoms with van der Waals surface area (Å²) in [6.45, 7) is -0.370. The number of ether oxygens (including phenoxy) is 1. The van der Waals surface area contributed by atoms with Gasteiger partial charge in [0.2, 0.25) is 5.91 Å². The maximum Gasteiger partial charge on any atom is 0.416 e. The minimum Gasteiger partial charge on any atom is -0.480 e. The molecule has 0 aromatic heterocycles. The summed E-state index contributed by atoms with van der Waals surface area (Å²) < 4.78 is 43.0. The number of carboxylic acid groups (broad SMARTS) is 1. The maximum absolute atomic E-state index is 12.8. The molecule has 1 rings (SSSR count). The molecule has 0 radical (unpaired) electrons. The molecule has 1 amide bonds. The van der Waals surface area contributed by atoms with Crippen LogP contribution in [0.25, 0.3) is 0 Å². The van der Waals surface area contributed by atoms with Crippen molar-refractivity contribution < 1.29 is 32.6 Å². The van der Waals surface area contributed by atoms with E-state index in [1.165, 1.54) is 25.3 Å². The topological polar surface area (TPSA) is 75.6 Å². The van der Waals surface area contributed by atoms with Gasteiger partial charge in [0.15, 0.2) is 0 Å². The summed E-state index contributed by atoms with van der Waals surface area (Å²) in [5.74, 6) is -2.13. The van der Waals surface area contributed by atoms with E-state index in [9.17, 15) is 22.8 Å². The smallest absolute Gasteiger partial charge is 0.416 e. The molecule has 0 saturated heterocycles. The molecule has 8 heteroatoms. The largest absolute Gasteiger partial charge is 0.480 e. The number of hydrogen-bond donors (Lipinski definition) is 2. The summed E-state index contributed by atoms with van der Waals surface area (Å²) >= 11 is 0. The Morgan fingerprint density at radius 2 is 1.95 bits per heavy atom. The second-order valence-electron chi connectivity index (χ2n) is 4.25. The van der Waals surface area contributed by atoms with E-state index < -0.39 is 36.1 Å². The first-order chi connectivity index (χ1) is 9.75. The molecule has 1 aromatic carbocycles. The average molecular weight is 305 g/mol. The van der Waals surface area contributed by atoms with Gasteiger partial charge in [-0.05, 0) is 11.6 Å². The highest BCUT2D eigenvalue weighted by atomic mass is 19.4. The van der Waals surface area contributed by atoms with Crippen molar-refractivity contribution >= 4 is 11.9 Å². The van der Waals surface area contributed by atoms with Crippen molar-refractivity contribution in [1.82, 2.24) is 5.32 Å². The van der Waals surface area contributed by atoms with Gasteiger partial charge >= 0.3 is 12.1 Å². The normalized spacial score (nSPS) is 12.8. The van der Waals surface area contributed by atoms with E-state index in [-0.39, 0.29) is 12.2 Å². The Hall–Kier alpha value is -2.09. The zero-order chi connectivity index (χ0) is 16.0. The van der Waals surface area contributed by atoms with Crippen LogP contribution in [0.3, 0.4) is 0 Å². The van der Waals surface area contributed by atoms with Gasteiger partial charge in [-0.3, -0.25) is 4.79 Å². The fourth-order valence-electron chi connectivity index (χ4n) is 1.76. The van der Waals surface area contributed by atoms with E-state index >= 15 is 0 Å². The highest BCUT2D eigenvalue weighted by molar-refractivity contribution is 5.84. The summed E-state index contributed by atoms with van der Waals surface area (Å²) in [5.41, 5.74) is -1.12. The Bertz CT molecular complexity index is 516. The maximum atomic E-state index is 12.8. The van der Waals surface area contributed by atoms with Crippen LogP contribution in [0.5, 0.6) is 0 Å². The van der Waals surface area contributed by atoms with Crippen LogP contribution in [0.1, 0.15) is 11.1 Å². The zero-order valence-electron chi connectivity index (χ0n) is 11.1. The summed E-state index contributed by atoms with van der Waals surface area (Å²) in [7, 11) is 1.24. The Morgan fingerprint density at radius 3 is 2.48 bits per heavy atom. The van der Waals surface area contributed by atoms with Gasteiger partial charge in [-0.25, -0.2) is 4.79 Å². The summed E-state index contributed by atoms with van der Waals surface area (Å²) in [5, 5.41) is 11.1. The number of alkyl halides is 3. The second-order valence-corrected chi connectivity index (χ2v) is 4.25. The highest BCUT2D eigenvalue weighted by Gasteiger charge is 2.34. The lowest BCUT2D eigenvalue weighted by Gasteiger charge is -2.17. The van der Waals surface area contributed by atoms with Crippen LogP contribution >= 0.6 is 0 Å². The number of benzene rings is 1. The number of carboxylic acids is 1. The van der Waals surface area contributed by atoms with Gasteiger partial charge in [-0.15, -0.1) is 0 Å². The number of rotatable bonds is 6. The van der Waals surface area contributed by atoms with Crippen LogP contribution < -0.4 is 5.32 Å². The van der Waals surface area contributed by atoms with Crippen LogP contribution in [-0.2, 0) is 26.9 Å². The fourth-order valence-corrected chi connectivity index (χ4v) is 1.76. The Morgan fingerprint density at radius 1 is 1.33 bits per heavy atom. The van der Waals surface area contributed by atoms with Gasteiger partial charge in [0.05, 0.1) is 5.56 Å². The van der Waals surface area contributed by atoms with Gasteiger partial charge in [-0.1, -0.05) is 18.2 Å². The van der Waals surface area contributed by atoms with Gasteiger partial charge in [0, 0.05) is 13.5 Å². The van der Waals surface area contributed by atoms with Crippen LogP contribution in [0, 0.1) is 0 Å². The summed E-state index contributed by atoms with van der Waals surface area (Å²) in [6.07, 6.45) is -5.06. The van der Waals surface area contributed by atoms with Crippen LogP contribution in [0.15, 0.2) is 24.3 Å². The third-order valence-electron chi connectivity index (χ3n) is 2.66. The number of aliphatic carboxylic acids is 1. The number of halogens is 3. The molecule has 0 fully saturated rings. The minimum absolute atomic E-state index is 0.199. The van der Waals surface area contributed by atoms with Crippen molar-refractivity contribution in [3.05, 3.63) is 35.4 Å². The number of amides is 1. The number of carbonyl (C=O) groups is 2. The fraction of sp³-hybridized carbons (Fsp3) is 0.385. The quantitative estimate of drug-likeness (QED) is 0.834. The van der Waals surface area contributed by atoms with Gasteiger partial charge < -0.3 is 15.2 Å². The molecule has 1 atom stereocenters. The number of nitrogens with one attached hydrogen (secondary N) is 1. The van der Waals surface area contributed by atoms with Crippen molar-refractivity contribution in [1.29, 1.82) is 0 Å². The molecular weight excluding hydrogens is 291 g/mol. The third-order valence-corrected chi connectivity index (χ3v) is 2.66. The number of carbonyl (C=O) groups excluding carboxylic acids is 1. The van der Waals surface area contributed by atoms with E-state index in [4.69, 9.17) is 5.11 Å². The van der Waals surface area contributed by atoms with Crippen LogP contribution in [0.4, 0.5) is 13.2 Å². The predicted molar refractivity (Wildman–Crippen MR) is 66.6 cm³/mol. The summed E-state index contributed by atoms with van der Waals surface area (Å²) in [4.78, 5) is 22.4.